The molecule has 1 atom stereocenters. The van der Waals surface area contributed by atoms with Gasteiger partial charge in [0.05, 0.1) is 12.0 Å². The van der Waals surface area contributed by atoms with Gasteiger partial charge in [0.2, 0.25) is 0 Å². The molecule has 0 radical (unpaired) electrons. The van der Waals surface area contributed by atoms with E-state index in [-0.39, 0.29) is 5.56 Å². The maximum atomic E-state index is 12.1. The molecule has 5 nitrogen and oxygen atoms in total. The van der Waals surface area contributed by atoms with E-state index >= 15 is 0 Å². The normalized spacial score (nSPS) is 19.0. The number of ether oxygens (including phenoxy) is 1. The standard InChI is InChI=1S/C14H19N3O2S/c1-8-9(2)20-14-12(8)13(18)16-11(17-14)7-19-6-10-3-4-15-5-10/h10,15H,3-7H2,1-2H3,(H,16,17,18). The van der Waals surface area contributed by atoms with Crippen molar-refractivity contribution < 1.29 is 4.74 Å². The summed E-state index contributed by atoms with van der Waals surface area (Å²) in [5.74, 6) is 1.20. The molecule has 0 aliphatic carbocycles. The highest BCUT2D eigenvalue weighted by atomic mass is 32.1. The summed E-state index contributed by atoms with van der Waals surface area (Å²) in [6.07, 6.45) is 1.16. The molecule has 1 unspecified atom stereocenters. The first kappa shape index (κ1) is 13.7. The van der Waals surface area contributed by atoms with Crippen LogP contribution in [-0.4, -0.2) is 29.7 Å². The van der Waals surface area contributed by atoms with Gasteiger partial charge in [-0.1, -0.05) is 0 Å². The lowest BCUT2D eigenvalue weighted by atomic mass is 10.1. The van der Waals surface area contributed by atoms with Crippen LogP contribution in [0.2, 0.25) is 0 Å². The van der Waals surface area contributed by atoms with E-state index in [1.165, 1.54) is 0 Å². The molecule has 1 aliphatic heterocycles. The van der Waals surface area contributed by atoms with Crippen LogP contribution in [0.4, 0.5) is 0 Å². The van der Waals surface area contributed by atoms with Gasteiger partial charge in [0, 0.05) is 11.4 Å². The van der Waals surface area contributed by atoms with E-state index in [1.54, 1.807) is 11.3 Å². The van der Waals surface area contributed by atoms with Crippen molar-refractivity contribution in [3.05, 3.63) is 26.6 Å². The highest BCUT2D eigenvalue weighted by molar-refractivity contribution is 7.18. The zero-order valence-electron chi connectivity index (χ0n) is 11.8. The lowest BCUT2D eigenvalue weighted by Gasteiger charge is -2.08. The van der Waals surface area contributed by atoms with Crippen LogP contribution in [0.3, 0.4) is 0 Å². The molecule has 0 bridgehead atoms. The fraction of sp³-hybridized carbons (Fsp3) is 0.571. The number of aromatic amines is 1. The first-order valence-electron chi connectivity index (χ1n) is 6.92. The molecule has 1 aliphatic rings. The number of hydrogen-bond acceptors (Lipinski definition) is 5. The third kappa shape index (κ3) is 2.63. The molecular formula is C14H19N3O2S. The van der Waals surface area contributed by atoms with Crippen LogP contribution in [0.1, 0.15) is 22.7 Å². The number of hydrogen-bond donors (Lipinski definition) is 2. The van der Waals surface area contributed by atoms with E-state index in [4.69, 9.17) is 4.74 Å². The smallest absolute Gasteiger partial charge is 0.259 e. The quantitative estimate of drug-likeness (QED) is 0.901. The van der Waals surface area contributed by atoms with E-state index in [9.17, 15) is 4.79 Å². The number of nitrogens with one attached hydrogen (secondary N) is 2. The van der Waals surface area contributed by atoms with Crippen molar-refractivity contribution in [3.63, 3.8) is 0 Å². The van der Waals surface area contributed by atoms with Crippen LogP contribution in [-0.2, 0) is 11.3 Å². The monoisotopic (exact) mass is 293 g/mol. The lowest BCUT2D eigenvalue weighted by molar-refractivity contribution is 0.0879. The second-order valence-corrected chi connectivity index (χ2v) is 6.55. The molecular weight excluding hydrogens is 274 g/mol. The molecule has 0 spiro atoms. The second-order valence-electron chi connectivity index (χ2n) is 5.35. The third-order valence-corrected chi connectivity index (χ3v) is 4.94. The van der Waals surface area contributed by atoms with Crippen molar-refractivity contribution in [1.29, 1.82) is 0 Å². The Morgan fingerprint density at radius 2 is 2.30 bits per heavy atom. The molecule has 3 heterocycles. The fourth-order valence-electron chi connectivity index (χ4n) is 2.55. The molecule has 2 aromatic heterocycles. The van der Waals surface area contributed by atoms with E-state index in [0.717, 1.165) is 46.8 Å². The van der Waals surface area contributed by atoms with Crippen molar-refractivity contribution in [3.8, 4) is 0 Å². The molecule has 0 amide bonds. The topological polar surface area (TPSA) is 67.0 Å². The Morgan fingerprint density at radius 3 is 3.05 bits per heavy atom. The minimum Gasteiger partial charge on any atom is -0.373 e. The summed E-state index contributed by atoms with van der Waals surface area (Å²) < 4.78 is 5.68. The summed E-state index contributed by atoms with van der Waals surface area (Å²) in [5.41, 5.74) is 0.973. The summed E-state index contributed by atoms with van der Waals surface area (Å²) in [6, 6.07) is 0. The van der Waals surface area contributed by atoms with Gasteiger partial charge in [-0.05, 0) is 38.3 Å². The predicted octanol–water partition coefficient (Wildman–Crippen LogP) is 1.73. The Kier molecular flexibility index (Phi) is 3.87. The summed E-state index contributed by atoms with van der Waals surface area (Å²) in [5, 5.41) is 4.03. The summed E-state index contributed by atoms with van der Waals surface area (Å²) in [4.78, 5) is 21.4. The predicted molar refractivity (Wildman–Crippen MR) is 80.3 cm³/mol. The highest BCUT2D eigenvalue weighted by Crippen LogP contribution is 2.25. The van der Waals surface area contributed by atoms with Gasteiger partial charge in [0.15, 0.2) is 0 Å². The molecule has 6 heteroatoms. The minimum absolute atomic E-state index is 0.0574. The zero-order chi connectivity index (χ0) is 14.1. The molecule has 3 rings (SSSR count). The van der Waals surface area contributed by atoms with Gasteiger partial charge in [0.1, 0.15) is 17.3 Å². The van der Waals surface area contributed by atoms with Gasteiger partial charge in [-0.25, -0.2) is 4.98 Å². The molecule has 2 aromatic rings. The van der Waals surface area contributed by atoms with Gasteiger partial charge < -0.3 is 15.0 Å². The molecule has 108 valence electrons. The van der Waals surface area contributed by atoms with Crippen LogP contribution >= 0.6 is 11.3 Å². The van der Waals surface area contributed by atoms with Crippen LogP contribution in [0.25, 0.3) is 10.2 Å². The number of rotatable bonds is 4. The van der Waals surface area contributed by atoms with Crippen molar-refractivity contribution in [2.24, 2.45) is 5.92 Å². The molecule has 1 saturated heterocycles. The van der Waals surface area contributed by atoms with E-state index in [0.29, 0.717) is 18.3 Å². The van der Waals surface area contributed by atoms with Crippen LogP contribution in [0, 0.1) is 19.8 Å². The lowest BCUT2D eigenvalue weighted by Crippen LogP contribution is -2.16. The van der Waals surface area contributed by atoms with E-state index in [1.807, 2.05) is 13.8 Å². The SMILES string of the molecule is Cc1sc2nc(COCC3CCNC3)[nH]c(=O)c2c1C. The van der Waals surface area contributed by atoms with Crippen LogP contribution in [0.15, 0.2) is 4.79 Å². The maximum Gasteiger partial charge on any atom is 0.259 e. The number of thiophene rings is 1. The minimum atomic E-state index is -0.0574. The van der Waals surface area contributed by atoms with Crippen molar-refractivity contribution in [2.75, 3.05) is 19.7 Å². The zero-order valence-corrected chi connectivity index (χ0v) is 12.6. The number of aromatic nitrogens is 2. The molecule has 0 saturated carbocycles. The van der Waals surface area contributed by atoms with Crippen molar-refractivity contribution >= 4 is 21.6 Å². The maximum absolute atomic E-state index is 12.1. The van der Waals surface area contributed by atoms with Gasteiger partial charge >= 0.3 is 0 Å². The number of nitrogens with zero attached hydrogens (tertiary/aromatic N) is 1. The van der Waals surface area contributed by atoms with Gasteiger partial charge in [-0.2, -0.15) is 0 Å². The van der Waals surface area contributed by atoms with E-state index < -0.39 is 0 Å². The number of fused-ring (bicyclic) bond motifs is 1. The Morgan fingerprint density at radius 1 is 1.45 bits per heavy atom. The first-order valence-corrected chi connectivity index (χ1v) is 7.74. The van der Waals surface area contributed by atoms with Gasteiger partial charge in [-0.15, -0.1) is 11.3 Å². The fourth-order valence-corrected chi connectivity index (χ4v) is 3.60. The molecule has 0 aromatic carbocycles. The second kappa shape index (κ2) is 5.63. The Hall–Kier alpha value is -1.24. The van der Waals surface area contributed by atoms with Crippen molar-refractivity contribution in [1.82, 2.24) is 15.3 Å². The Balaban J connectivity index is 1.73. The largest absolute Gasteiger partial charge is 0.373 e. The van der Waals surface area contributed by atoms with Crippen LogP contribution < -0.4 is 10.9 Å². The van der Waals surface area contributed by atoms with Gasteiger partial charge in [-0.3, -0.25) is 4.79 Å². The van der Waals surface area contributed by atoms with E-state index in [2.05, 4.69) is 15.3 Å². The average molecular weight is 293 g/mol. The third-order valence-electron chi connectivity index (χ3n) is 3.84. The Bertz CT molecular complexity index is 671. The average Bonchev–Trinajstić information content (AvgIpc) is 2.99. The highest BCUT2D eigenvalue weighted by Gasteiger charge is 2.15. The summed E-state index contributed by atoms with van der Waals surface area (Å²) in [7, 11) is 0. The number of H-pyrrole nitrogens is 1. The van der Waals surface area contributed by atoms with Gasteiger partial charge in [0.25, 0.3) is 5.56 Å². The molecule has 2 N–H and O–H groups in total. The number of aryl methyl sites for hydroxylation is 2. The summed E-state index contributed by atoms with van der Waals surface area (Å²) in [6.45, 7) is 7.17. The summed E-state index contributed by atoms with van der Waals surface area (Å²) >= 11 is 1.57. The molecule has 20 heavy (non-hydrogen) atoms. The van der Waals surface area contributed by atoms with Crippen LogP contribution in [0.5, 0.6) is 0 Å². The molecule has 1 fully saturated rings. The first-order chi connectivity index (χ1) is 9.65. The Labute approximate surface area is 121 Å². The van der Waals surface area contributed by atoms with Crippen molar-refractivity contribution in [2.45, 2.75) is 26.9 Å².